The molecule has 2 heterocycles. The van der Waals surface area contributed by atoms with Crippen LogP contribution in [0.25, 0.3) is 0 Å². The van der Waals surface area contributed by atoms with E-state index < -0.39 is 43.4 Å². The molecule has 0 spiro atoms. The molecule has 1 unspecified atom stereocenters. The summed E-state index contributed by atoms with van der Waals surface area (Å²) in [7, 11) is 0. The zero-order valence-corrected chi connectivity index (χ0v) is 20.6. The fraction of sp³-hybridized carbons (Fsp3) is 0.720. The standard InChI is InChI=1S/C25H39NO9/c1-4-6-14(2)9-15(3)18(28)12-17(8-5-7-16-10-20(29)26-21(30)11-16)34-25-24(33)23(32)22(31)19(13-27)35-25/h4,6,9,15-17,19,22-25,27,31-33H,5,7-8,10-13H2,1-3H3,(H,26,29,30)/b6-4-,14-9+/t15-,17-,19+,22+,23+,24+,25?/m0/s1. The molecule has 2 rings (SSSR count). The molecule has 0 aromatic heterocycles. The molecule has 5 N–H and O–H groups in total. The zero-order chi connectivity index (χ0) is 26.1. The third-order valence-electron chi connectivity index (χ3n) is 6.42. The highest BCUT2D eigenvalue weighted by Crippen LogP contribution is 2.27. The number of allylic oxidation sites excluding steroid dienone is 4. The average molecular weight is 498 g/mol. The van der Waals surface area contributed by atoms with Gasteiger partial charge in [0.25, 0.3) is 0 Å². The second-order valence-corrected chi connectivity index (χ2v) is 9.50. The summed E-state index contributed by atoms with van der Waals surface area (Å²) < 4.78 is 11.4. The number of carbonyl (C=O) groups excluding carboxylic acids is 3. The Bertz CT molecular complexity index is 778. The number of hydrogen-bond acceptors (Lipinski definition) is 9. The van der Waals surface area contributed by atoms with Crippen LogP contribution in [0.5, 0.6) is 0 Å². The van der Waals surface area contributed by atoms with Gasteiger partial charge in [-0.25, -0.2) is 0 Å². The number of aliphatic hydroxyl groups is 4. The van der Waals surface area contributed by atoms with E-state index in [4.69, 9.17) is 9.47 Å². The number of amides is 2. The van der Waals surface area contributed by atoms with Crippen LogP contribution in [0.15, 0.2) is 23.8 Å². The highest BCUT2D eigenvalue weighted by atomic mass is 16.7. The van der Waals surface area contributed by atoms with Gasteiger partial charge in [-0.1, -0.05) is 37.1 Å². The maximum absolute atomic E-state index is 12.9. The first-order chi connectivity index (χ1) is 16.5. The Balaban J connectivity index is 2.07. The van der Waals surface area contributed by atoms with Crippen LogP contribution in [0.2, 0.25) is 0 Å². The van der Waals surface area contributed by atoms with Crippen molar-refractivity contribution in [3.63, 3.8) is 0 Å². The van der Waals surface area contributed by atoms with Crippen molar-refractivity contribution in [3.8, 4) is 0 Å². The topological polar surface area (TPSA) is 163 Å². The van der Waals surface area contributed by atoms with Gasteiger partial charge in [0.15, 0.2) is 6.29 Å². The van der Waals surface area contributed by atoms with Crippen molar-refractivity contribution < 1.29 is 44.3 Å². The summed E-state index contributed by atoms with van der Waals surface area (Å²) >= 11 is 0. The van der Waals surface area contributed by atoms with Gasteiger partial charge in [-0.2, -0.15) is 0 Å². The van der Waals surface area contributed by atoms with Crippen molar-refractivity contribution >= 4 is 17.6 Å². The maximum Gasteiger partial charge on any atom is 0.226 e. The van der Waals surface area contributed by atoms with Crippen LogP contribution in [-0.4, -0.2) is 81.4 Å². The normalized spacial score (nSPS) is 30.4. The van der Waals surface area contributed by atoms with E-state index in [9.17, 15) is 34.8 Å². The molecule has 2 fully saturated rings. The van der Waals surface area contributed by atoms with E-state index in [-0.39, 0.29) is 48.7 Å². The largest absolute Gasteiger partial charge is 0.394 e. The van der Waals surface area contributed by atoms with Crippen molar-refractivity contribution in [1.29, 1.82) is 0 Å². The van der Waals surface area contributed by atoms with Gasteiger partial charge in [-0.15, -0.1) is 0 Å². The number of ketones is 1. The minimum atomic E-state index is -1.58. The van der Waals surface area contributed by atoms with Crippen LogP contribution in [0.4, 0.5) is 0 Å². The van der Waals surface area contributed by atoms with Crippen molar-refractivity contribution in [1.82, 2.24) is 5.32 Å². The predicted molar refractivity (Wildman–Crippen MR) is 126 cm³/mol. The molecule has 0 aromatic rings. The van der Waals surface area contributed by atoms with Crippen molar-refractivity contribution in [3.05, 3.63) is 23.8 Å². The summed E-state index contributed by atoms with van der Waals surface area (Å²) in [6.07, 6.45) is -0.135. The lowest BCUT2D eigenvalue weighted by Gasteiger charge is -2.41. The van der Waals surface area contributed by atoms with Crippen LogP contribution < -0.4 is 5.32 Å². The molecule has 10 heteroatoms. The van der Waals surface area contributed by atoms with E-state index in [2.05, 4.69) is 5.32 Å². The summed E-state index contributed by atoms with van der Waals surface area (Å²) in [5.74, 6) is -1.16. The van der Waals surface area contributed by atoms with Crippen molar-refractivity contribution in [2.24, 2.45) is 11.8 Å². The Morgan fingerprint density at radius 1 is 1.17 bits per heavy atom. The second-order valence-electron chi connectivity index (χ2n) is 9.50. The smallest absolute Gasteiger partial charge is 0.226 e. The predicted octanol–water partition coefficient (Wildman–Crippen LogP) is 0.512. The van der Waals surface area contributed by atoms with Gasteiger partial charge in [-0.05, 0) is 32.6 Å². The lowest BCUT2D eigenvalue weighted by molar-refractivity contribution is -0.311. The molecule has 35 heavy (non-hydrogen) atoms. The average Bonchev–Trinajstić information content (AvgIpc) is 2.78. The molecule has 7 atom stereocenters. The Morgan fingerprint density at radius 3 is 2.43 bits per heavy atom. The van der Waals surface area contributed by atoms with Gasteiger partial charge in [0.1, 0.15) is 30.2 Å². The van der Waals surface area contributed by atoms with Gasteiger partial charge in [-0.3, -0.25) is 19.7 Å². The van der Waals surface area contributed by atoms with E-state index in [1.165, 1.54) is 0 Å². The molecule has 2 saturated heterocycles. The molecule has 0 aromatic carbocycles. The summed E-state index contributed by atoms with van der Waals surface area (Å²) in [6, 6.07) is 0. The number of imide groups is 1. The summed E-state index contributed by atoms with van der Waals surface area (Å²) in [4.78, 5) is 36.2. The van der Waals surface area contributed by atoms with Crippen molar-refractivity contribution in [2.75, 3.05) is 6.61 Å². The first-order valence-corrected chi connectivity index (χ1v) is 12.2. The molecule has 0 aliphatic carbocycles. The molecule has 2 amide bonds. The summed E-state index contributed by atoms with van der Waals surface area (Å²) in [6.45, 7) is 4.98. The van der Waals surface area contributed by atoms with Crippen LogP contribution >= 0.6 is 0 Å². The number of carbonyl (C=O) groups is 3. The number of ether oxygens (including phenoxy) is 2. The van der Waals surface area contributed by atoms with Gasteiger partial charge in [0.05, 0.1) is 12.7 Å². The third-order valence-corrected chi connectivity index (χ3v) is 6.42. The van der Waals surface area contributed by atoms with E-state index in [1.54, 1.807) is 6.92 Å². The number of rotatable bonds is 12. The minimum Gasteiger partial charge on any atom is -0.394 e. The lowest BCUT2D eigenvalue weighted by Crippen LogP contribution is -2.59. The van der Waals surface area contributed by atoms with Crippen LogP contribution in [0.1, 0.15) is 59.3 Å². The Morgan fingerprint density at radius 2 is 1.83 bits per heavy atom. The molecule has 2 aliphatic heterocycles. The van der Waals surface area contributed by atoms with Gasteiger partial charge >= 0.3 is 0 Å². The first-order valence-electron chi connectivity index (χ1n) is 12.2. The van der Waals surface area contributed by atoms with Gasteiger partial charge in [0.2, 0.25) is 11.8 Å². The molecule has 198 valence electrons. The Hall–Kier alpha value is -1.95. The Kier molecular flexibility index (Phi) is 11.7. The van der Waals surface area contributed by atoms with Gasteiger partial charge < -0.3 is 29.9 Å². The number of hydrogen-bond donors (Lipinski definition) is 5. The van der Waals surface area contributed by atoms with Crippen LogP contribution in [0.3, 0.4) is 0 Å². The highest BCUT2D eigenvalue weighted by Gasteiger charge is 2.45. The van der Waals surface area contributed by atoms with E-state index >= 15 is 0 Å². The summed E-state index contributed by atoms with van der Waals surface area (Å²) in [5.41, 5.74) is 0.944. The maximum atomic E-state index is 12.9. The fourth-order valence-electron chi connectivity index (χ4n) is 4.50. The number of aliphatic hydroxyl groups excluding tert-OH is 4. The minimum absolute atomic E-state index is 0.0138. The monoisotopic (exact) mass is 497 g/mol. The highest BCUT2D eigenvalue weighted by molar-refractivity contribution is 5.97. The number of Topliss-reactive ketones (excluding diaryl/α,β-unsaturated/α-hetero) is 1. The SMILES string of the molecule is C/C=C\C(C)=C\[C@H](C)C(=O)C[C@H](CCCC1CC(=O)NC(=O)C1)OC1O[C@H](CO)[C@@H](O)[C@@H](O)[C@H]1O. The van der Waals surface area contributed by atoms with E-state index in [0.29, 0.717) is 19.3 Å². The third kappa shape index (κ3) is 8.89. The zero-order valence-electron chi connectivity index (χ0n) is 20.6. The molecular formula is C25H39NO9. The first kappa shape index (κ1) is 29.3. The van der Waals surface area contributed by atoms with E-state index in [0.717, 1.165) is 5.57 Å². The number of piperidine rings is 1. The quantitative estimate of drug-likeness (QED) is 0.191. The molecule has 0 radical (unpaired) electrons. The molecule has 10 nitrogen and oxygen atoms in total. The molecule has 2 aliphatic rings. The molecular weight excluding hydrogens is 458 g/mol. The molecule has 0 bridgehead atoms. The Labute approximate surface area is 206 Å². The van der Waals surface area contributed by atoms with Crippen molar-refractivity contribution in [2.45, 2.75) is 96.1 Å². The lowest BCUT2D eigenvalue weighted by atomic mass is 9.90. The fourth-order valence-corrected chi connectivity index (χ4v) is 4.50. The van der Waals surface area contributed by atoms with Crippen LogP contribution in [-0.2, 0) is 23.9 Å². The number of nitrogens with one attached hydrogen (secondary N) is 1. The summed E-state index contributed by atoms with van der Waals surface area (Å²) in [5, 5.41) is 42.1. The van der Waals surface area contributed by atoms with Gasteiger partial charge in [0, 0.05) is 25.2 Å². The second kappa shape index (κ2) is 14.0. The van der Waals surface area contributed by atoms with E-state index in [1.807, 2.05) is 32.1 Å². The molecule has 0 saturated carbocycles. The van der Waals surface area contributed by atoms with Crippen LogP contribution in [0, 0.1) is 11.8 Å².